The number of ether oxygens (including phenoxy) is 1. The van der Waals surface area contributed by atoms with Crippen molar-refractivity contribution in [3.63, 3.8) is 0 Å². The van der Waals surface area contributed by atoms with Crippen LogP contribution in [0, 0.1) is 5.92 Å². The smallest absolute Gasteiger partial charge is 0.0870 e. The van der Waals surface area contributed by atoms with E-state index in [0.29, 0.717) is 10.9 Å². The molecule has 0 aromatic heterocycles. The lowest BCUT2D eigenvalue weighted by atomic mass is 10.1. The maximum absolute atomic E-state index is 5.45. The van der Waals surface area contributed by atoms with Gasteiger partial charge in [-0.05, 0) is 18.9 Å². The van der Waals surface area contributed by atoms with E-state index in [9.17, 15) is 0 Å². The maximum Gasteiger partial charge on any atom is 0.0870 e. The summed E-state index contributed by atoms with van der Waals surface area (Å²) in [6.07, 6.45) is 1.20. The van der Waals surface area contributed by atoms with Crippen molar-refractivity contribution >= 4 is 17.2 Å². The van der Waals surface area contributed by atoms with E-state index in [0.717, 1.165) is 26.2 Å². The lowest BCUT2D eigenvalue weighted by Gasteiger charge is -2.14. The molecule has 0 aliphatic carbocycles. The SMILES string of the molecule is COCC1CCN(CC(N)=S)C1. The molecule has 4 heteroatoms. The zero-order valence-electron chi connectivity index (χ0n) is 7.45. The Morgan fingerprint density at radius 2 is 2.50 bits per heavy atom. The van der Waals surface area contributed by atoms with Gasteiger partial charge in [0.25, 0.3) is 0 Å². The number of nitrogens with two attached hydrogens (primary N) is 1. The molecule has 0 aromatic rings. The number of methoxy groups -OCH3 is 1. The van der Waals surface area contributed by atoms with Crippen molar-refractivity contribution in [2.75, 3.05) is 33.4 Å². The van der Waals surface area contributed by atoms with Crippen LogP contribution < -0.4 is 5.73 Å². The number of hydrogen-bond donors (Lipinski definition) is 1. The summed E-state index contributed by atoms with van der Waals surface area (Å²) in [6.45, 7) is 3.79. The highest BCUT2D eigenvalue weighted by Gasteiger charge is 2.21. The number of nitrogens with zero attached hydrogens (tertiary/aromatic N) is 1. The Labute approximate surface area is 78.9 Å². The van der Waals surface area contributed by atoms with Gasteiger partial charge in [0.2, 0.25) is 0 Å². The van der Waals surface area contributed by atoms with Crippen molar-refractivity contribution in [2.24, 2.45) is 11.7 Å². The Morgan fingerprint density at radius 1 is 1.75 bits per heavy atom. The molecule has 1 saturated heterocycles. The van der Waals surface area contributed by atoms with Crippen molar-refractivity contribution < 1.29 is 4.74 Å². The van der Waals surface area contributed by atoms with Gasteiger partial charge in [-0.1, -0.05) is 12.2 Å². The predicted octanol–water partition coefficient (Wildman–Crippen LogP) is 0.241. The van der Waals surface area contributed by atoms with Gasteiger partial charge in [0.15, 0.2) is 0 Å². The molecule has 1 aliphatic heterocycles. The van der Waals surface area contributed by atoms with Crippen molar-refractivity contribution in [1.29, 1.82) is 0 Å². The number of likely N-dealkylation sites (tertiary alicyclic amines) is 1. The van der Waals surface area contributed by atoms with Crippen LogP contribution in [-0.4, -0.2) is 43.2 Å². The minimum Gasteiger partial charge on any atom is -0.392 e. The largest absolute Gasteiger partial charge is 0.392 e. The van der Waals surface area contributed by atoms with Crippen LogP contribution in [0.2, 0.25) is 0 Å². The normalized spacial score (nSPS) is 24.6. The van der Waals surface area contributed by atoms with E-state index in [2.05, 4.69) is 4.90 Å². The first-order valence-electron chi connectivity index (χ1n) is 4.22. The van der Waals surface area contributed by atoms with Crippen LogP contribution in [-0.2, 0) is 4.74 Å². The van der Waals surface area contributed by atoms with E-state index in [4.69, 9.17) is 22.7 Å². The van der Waals surface area contributed by atoms with E-state index < -0.39 is 0 Å². The molecule has 1 aliphatic rings. The molecular formula is C8H16N2OS. The molecule has 1 fully saturated rings. The molecule has 3 nitrogen and oxygen atoms in total. The Hall–Kier alpha value is -0.190. The van der Waals surface area contributed by atoms with Crippen LogP contribution in [0.4, 0.5) is 0 Å². The molecule has 1 heterocycles. The monoisotopic (exact) mass is 188 g/mol. The first-order chi connectivity index (χ1) is 5.72. The van der Waals surface area contributed by atoms with Crippen LogP contribution in [0.3, 0.4) is 0 Å². The van der Waals surface area contributed by atoms with Gasteiger partial charge in [0, 0.05) is 20.2 Å². The van der Waals surface area contributed by atoms with E-state index in [1.54, 1.807) is 7.11 Å². The molecular weight excluding hydrogens is 172 g/mol. The topological polar surface area (TPSA) is 38.5 Å². The molecule has 0 amide bonds. The summed E-state index contributed by atoms with van der Waals surface area (Å²) in [7, 11) is 1.75. The first kappa shape index (κ1) is 9.89. The second kappa shape index (κ2) is 4.74. The molecule has 70 valence electrons. The van der Waals surface area contributed by atoms with Crippen molar-refractivity contribution in [3.05, 3.63) is 0 Å². The van der Waals surface area contributed by atoms with Gasteiger partial charge in [-0.15, -0.1) is 0 Å². The lowest BCUT2D eigenvalue weighted by molar-refractivity contribution is 0.154. The summed E-state index contributed by atoms with van der Waals surface area (Å²) in [6, 6.07) is 0. The first-order valence-corrected chi connectivity index (χ1v) is 4.62. The van der Waals surface area contributed by atoms with Crippen LogP contribution in [0.5, 0.6) is 0 Å². The third-order valence-corrected chi connectivity index (χ3v) is 2.28. The molecule has 0 aromatic carbocycles. The zero-order chi connectivity index (χ0) is 8.97. The van der Waals surface area contributed by atoms with Crippen LogP contribution >= 0.6 is 12.2 Å². The van der Waals surface area contributed by atoms with Crippen LogP contribution in [0.25, 0.3) is 0 Å². The van der Waals surface area contributed by atoms with Gasteiger partial charge in [-0.25, -0.2) is 0 Å². The molecule has 0 radical (unpaired) electrons. The predicted molar refractivity (Wildman–Crippen MR) is 53.2 cm³/mol. The summed E-state index contributed by atoms with van der Waals surface area (Å²) in [5.74, 6) is 0.671. The van der Waals surface area contributed by atoms with Gasteiger partial charge >= 0.3 is 0 Å². The van der Waals surface area contributed by atoms with E-state index in [1.165, 1.54) is 6.42 Å². The summed E-state index contributed by atoms with van der Waals surface area (Å²) < 4.78 is 5.09. The lowest BCUT2D eigenvalue weighted by Crippen LogP contribution is -2.31. The highest BCUT2D eigenvalue weighted by Crippen LogP contribution is 2.15. The molecule has 1 rings (SSSR count). The third-order valence-electron chi connectivity index (χ3n) is 2.15. The fraction of sp³-hybridized carbons (Fsp3) is 0.875. The summed E-state index contributed by atoms with van der Waals surface area (Å²) in [4.78, 5) is 2.87. The highest BCUT2D eigenvalue weighted by atomic mass is 32.1. The molecule has 1 atom stereocenters. The third kappa shape index (κ3) is 3.05. The minimum atomic E-state index is 0.591. The van der Waals surface area contributed by atoms with E-state index in [1.807, 2.05) is 0 Å². The number of thiocarbonyl (C=S) groups is 1. The van der Waals surface area contributed by atoms with Crippen LogP contribution in [0.15, 0.2) is 0 Å². The second-order valence-corrected chi connectivity index (χ2v) is 3.84. The molecule has 2 N–H and O–H groups in total. The fourth-order valence-corrected chi connectivity index (χ4v) is 1.83. The van der Waals surface area contributed by atoms with Gasteiger partial charge in [-0.3, -0.25) is 4.90 Å². The Morgan fingerprint density at radius 3 is 3.08 bits per heavy atom. The van der Waals surface area contributed by atoms with Gasteiger partial charge in [0.05, 0.1) is 11.6 Å². The zero-order valence-corrected chi connectivity index (χ0v) is 8.27. The standard InChI is InChI=1S/C8H16N2OS/c1-11-6-7-2-3-10(4-7)5-8(9)12/h7H,2-6H2,1H3,(H2,9,12). The van der Waals surface area contributed by atoms with E-state index in [-0.39, 0.29) is 0 Å². The number of hydrogen-bond acceptors (Lipinski definition) is 3. The minimum absolute atomic E-state index is 0.591. The van der Waals surface area contributed by atoms with Gasteiger partial charge < -0.3 is 10.5 Å². The maximum atomic E-state index is 5.45. The number of rotatable bonds is 4. The van der Waals surface area contributed by atoms with Crippen molar-refractivity contribution in [1.82, 2.24) is 4.90 Å². The summed E-state index contributed by atoms with van der Waals surface area (Å²) in [5.41, 5.74) is 5.45. The highest BCUT2D eigenvalue weighted by molar-refractivity contribution is 7.80. The van der Waals surface area contributed by atoms with Crippen LogP contribution in [0.1, 0.15) is 6.42 Å². The molecule has 0 spiro atoms. The Kier molecular flexibility index (Phi) is 3.91. The Balaban J connectivity index is 2.21. The average Bonchev–Trinajstić information content (AvgIpc) is 2.36. The second-order valence-electron chi connectivity index (χ2n) is 3.31. The summed E-state index contributed by atoms with van der Waals surface area (Å²) >= 11 is 4.84. The van der Waals surface area contributed by atoms with Gasteiger partial charge in [0.1, 0.15) is 0 Å². The molecule has 0 saturated carbocycles. The molecule has 12 heavy (non-hydrogen) atoms. The van der Waals surface area contributed by atoms with Gasteiger partial charge in [-0.2, -0.15) is 0 Å². The van der Waals surface area contributed by atoms with Crippen molar-refractivity contribution in [3.8, 4) is 0 Å². The quantitative estimate of drug-likeness (QED) is 0.641. The van der Waals surface area contributed by atoms with Crippen molar-refractivity contribution in [2.45, 2.75) is 6.42 Å². The fourth-order valence-electron chi connectivity index (χ4n) is 1.65. The summed E-state index contributed by atoms with van der Waals surface area (Å²) in [5, 5.41) is 0. The average molecular weight is 188 g/mol. The Bertz CT molecular complexity index is 163. The van der Waals surface area contributed by atoms with E-state index >= 15 is 0 Å². The molecule has 0 bridgehead atoms. The molecule has 1 unspecified atom stereocenters.